The molecule has 1 amide bonds. The minimum atomic E-state index is -0.525. The first-order chi connectivity index (χ1) is 15.6. The van der Waals surface area contributed by atoms with Gasteiger partial charge in [-0.15, -0.1) is 11.3 Å². The average Bonchev–Trinajstić information content (AvgIpc) is 3.45. The Morgan fingerprint density at radius 3 is 2.72 bits per heavy atom. The number of hydrogen-bond acceptors (Lipinski definition) is 6. The van der Waals surface area contributed by atoms with Crippen molar-refractivity contribution in [3.8, 4) is 11.3 Å². The zero-order valence-electron chi connectivity index (χ0n) is 16.9. The Morgan fingerprint density at radius 2 is 1.88 bits per heavy atom. The summed E-state index contributed by atoms with van der Waals surface area (Å²) < 4.78 is 18.4. The van der Waals surface area contributed by atoms with Crippen molar-refractivity contribution in [2.45, 2.75) is 19.3 Å². The van der Waals surface area contributed by atoms with Crippen LogP contribution >= 0.6 is 11.3 Å². The van der Waals surface area contributed by atoms with Crippen LogP contribution < -0.4 is 5.32 Å². The molecule has 6 nitrogen and oxygen atoms in total. The third kappa shape index (κ3) is 3.97. The Morgan fingerprint density at radius 1 is 1.06 bits per heavy atom. The minimum absolute atomic E-state index is 0.327. The molecule has 0 fully saturated rings. The Bertz CT molecular complexity index is 1330. The maximum atomic E-state index is 13.1. The fourth-order valence-electron chi connectivity index (χ4n) is 3.89. The number of rotatable bonds is 5. The summed E-state index contributed by atoms with van der Waals surface area (Å²) in [6, 6.07) is 13.4. The average molecular weight is 447 g/mol. The lowest BCUT2D eigenvalue weighted by atomic mass is 10.0. The van der Waals surface area contributed by atoms with E-state index in [0.717, 1.165) is 47.0 Å². The number of anilines is 1. The Labute approximate surface area is 187 Å². The van der Waals surface area contributed by atoms with E-state index in [-0.39, 0.29) is 5.82 Å². The fourth-order valence-corrected chi connectivity index (χ4v) is 4.62. The number of hydrogen-bond donors (Lipinski definition) is 1. The molecule has 2 heterocycles. The van der Waals surface area contributed by atoms with Crippen LogP contribution in [-0.2, 0) is 22.4 Å². The van der Waals surface area contributed by atoms with E-state index in [4.69, 9.17) is 4.74 Å². The number of carbonyl (C=O) groups excluding carboxylic acids is 2. The summed E-state index contributed by atoms with van der Waals surface area (Å²) in [5.74, 6) is -1.33. The van der Waals surface area contributed by atoms with Gasteiger partial charge in [0.15, 0.2) is 11.7 Å². The first kappa shape index (κ1) is 20.3. The highest BCUT2D eigenvalue weighted by Gasteiger charge is 2.25. The van der Waals surface area contributed by atoms with Crippen LogP contribution in [0.3, 0.4) is 0 Å². The van der Waals surface area contributed by atoms with Crippen molar-refractivity contribution in [1.29, 1.82) is 0 Å². The molecule has 0 spiro atoms. The molecule has 0 aliphatic heterocycles. The SMILES string of the molecule is O=C(COC(=O)c1c2c(nc3ccccc13)CCC2)Nc1nc(-c2ccc(F)cc2)cs1. The van der Waals surface area contributed by atoms with Gasteiger partial charge in [-0.1, -0.05) is 18.2 Å². The summed E-state index contributed by atoms with van der Waals surface area (Å²) in [6.45, 7) is -0.421. The molecule has 1 aliphatic rings. The molecule has 0 bridgehead atoms. The first-order valence-electron chi connectivity index (χ1n) is 10.2. The molecule has 32 heavy (non-hydrogen) atoms. The largest absolute Gasteiger partial charge is 0.452 e. The van der Waals surface area contributed by atoms with Crippen LogP contribution in [0.25, 0.3) is 22.2 Å². The molecule has 2 aromatic carbocycles. The predicted octanol–water partition coefficient (Wildman–Crippen LogP) is 4.78. The molecule has 160 valence electrons. The number of aryl methyl sites for hydroxylation is 1. The van der Waals surface area contributed by atoms with Gasteiger partial charge in [0, 0.05) is 22.0 Å². The van der Waals surface area contributed by atoms with Gasteiger partial charge >= 0.3 is 5.97 Å². The van der Waals surface area contributed by atoms with Crippen LogP contribution in [0.2, 0.25) is 0 Å². The molecule has 0 unspecified atom stereocenters. The van der Waals surface area contributed by atoms with Gasteiger partial charge in [0.2, 0.25) is 0 Å². The van der Waals surface area contributed by atoms with Crippen LogP contribution in [0.1, 0.15) is 28.0 Å². The van der Waals surface area contributed by atoms with Gasteiger partial charge in [-0.05, 0) is 55.2 Å². The number of aromatic nitrogens is 2. The zero-order chi connectivity index (χ0) is 22.1. The van der Waals surface area contributed by atoms with E-state index in [9.17, 15) is 14.0 Å². The second-order valence-electron chi connectivity index (χ2n) is 7.45. The van der Waals surface area contributed by atoms with Crippen LogP contribution in [-0.4, -0.2) is 28.5 Å². The standard InChI is InChI=1S/C24H18FN3O3S/c25-15-10-8-14(9-11-15)20-13-32-24(27-20)28-21(29)12-31-23(30)22-16-4-1-2-6-18(16)26-19-7-3-5-17(19)22/h1-2,4,6,8-11,13H,3,5,7,12H2,(H,27,28,29). The quantitative estimate of drug-likeness (QED) is 0.445. The summed E-state index contributed by atoms with van der Waals surface area (Å²) >= 11 is 1.24. The van der Waals surface area contributed by atoms with Crippen molar-refractivity contribution in [3.05, 3.63) is 76.5 Å². The summed E-state index contributed by atoms with van der Waals surface area (Å²) in [5.41, 5.74) is 4.47. The maximum Gasteiger partial charge on any atom is 0.339 e. The molecule has 1 aliphatic carbocycles. The molecular formula is C24H18FN3O3S. The fraction of sp³-hybridized carbons (Fsp3) is 0.167. The molecule has 0 saturated heterocycles. The van der Waals surface area contributed by atoms with Gasteiger partial charge in [0.25, 0.3) is 5.91 Å². The lowest BCUT2D eigenvalue weighted by molar-refractivity contribution is -0.119. The van der Waals surface area contributed by atoms with E-state index >= 15 is 0 Å². The third-order valence-corrected chi connectivity index (χ3v) is 6.11. The number of amides is 1. The van der Waals surface area contributed by atoms with Crippen LogP contribution in [0.5, 0.6) is 0 Å². The monoisotopic (exact) mass is 447 g/mol. The number of fused-ring (bicyclic) bond motifs is 2. The van der Waals surface area contributed by atoms with Gasteiger partial charge in [-0.25, -0.2) is 14.2 Å². The van der Waals surface area contributed by atoms with E-state index < -0.39 is 18.5 Å². The molecule has 0 radical (unpaired) electrons. The number of ether oxygens (including phenoxy) is 1. The number of nitrogens with zero attached hydrogens (tertiary/aromatic N) is 2. The molecule has 4 aromatic rings. The molecule has 1 N–H and O–H groups in total. The van der Waals surface area contributed by atoms with Gasteiger partial charge in [-0.3, -0.25) is 15.1 Å². The predicted molar refractivity (Wildman–Crippen MR) is 120 cm³/mol. The number of halogens is 1. The molecule has 0 atom stereocenters. The second kappa shape index (κ2) is 8.47. The number of carbonyl (C=O) groups is 2. The lowest BCUT2D eigenvalue weighted by Crippen LogP contribution is -2.21. The maximum absolute atomic E-state index is 13.1. The summed E-state index contributed by atoms with van der Waals surface area (Å²) in [7, 11) is 0. The lowest BCUT2D eigenvalue weighted by Gasteiger charge is -2.12. The van der Waals surface area contributed by atoms with E-state index in [0.29, 0.717) is 16.4 Å². The third-order valence-electron chi connectivity index (χ3n) is 5.35. The number of thiazole rings is 1. The van der Waals surface area contributed by atoms with E-state index in [1.54, 1.807) is 17.5 Å². The van der Waals surface area contributed by atoms with Crippen molar-refractivity contribution < 1.29 is 18.7 Å². The molecule has 2 aromatic heterocycles. The number of para-hydroxylation sites is 1. The summed E-state index contributed by atoms with van der Waals surface area (Å²) in [5, 5.41) is 5.52. The van der Waals surface area contributed by atoms with Crippen molar-refractivity contribution >= 4 is 39.2 Å². The van der Waals surface area contributed by atoms with Crippen molar-refractivity contribution in [1.82, 2.24) is 9.97 Å². The van der Waals surface area contributed by atoms with Gasteiger partial charge < -0.3 is 4.74 Å². The molecule has 8 heteroatoms. The minimum Gasteiger partial charge on any atom is -0.452 e. The van der Waals surface area contributed by atoms with Crippen molar-refractivity contribution in [3.63, 3.8) is 0 Å². The number of esters is 1. The molecule has 5 rings (SSSR count). The van der Waals surface area contributed by atoms with Gasteiger partial charge in [-0.2, -0.15) is 0 Å². The van der Waals surface area contributed by atoms with Gasteiger partial charge in [0.1, 0.15) is 5.82 Å². The van der Waals surface area contributed by atoms with Crippen molar-refractivity contribution in [2.75, 3.05) is 11.9 Å². The number of benzene rings is 2. The van der Waals surface area contributed by atoms with Crippen LogP contribution in [0.4, 0.5) is 9.52 Å². The molecular weight excluding hydrogens is 429 g/mol. The summed E-state index contributed by atoms with van der Waals surface area (Å²) in [4.78, 5) is 34.3. The number of nitrogens with one attached hydrogen (secondary N) is 1. The van der Waals surface area contributed by atoms with E-state index in [2.05, 4.69) is 15.3 Å². The van der Waals surface area contributed by atoms with E-state index in [1.807, 2.05) is 24.3 Å². The molecule has 0 saturated carbocycles. The first-order valence-corrected chi connectivity index (χ1v) is 11.1. The Balaban J connectivity index is 1.27. The topological polar surface area (TPSA) is 81.2 Å². The zero-order valence-corrected chi connectivity index (χ0v) is 17.7. The Kier molecular flexibility index (Phi) is 5.36. The normalized spacial score (nSPS) is 12.5. The Hall–Kier alpha value is -3.65. The smallest absolute Gasteiger partial charge is 0.339 e. The van der Waals surface area contributed by atoms with Crippen LogP contribution in [0, 0.1) is 5.82 Å². The highest BCUT2D eigenvalue weighted by atomic mass is 32.1. The van der Waals surface area contributed by atoms with Crippen LogP contribution in [0.15, 0.2) is 53.9 Å². The highest BCUT2D eigenvalue weighted by molar-refractivity contribution is 7.14. The summed E-state index contributed by atoms with van der Waals surface area (Å²) in [6.07, 6.45) is 2.55. The van der Waals surface area contributed by atoms with Gasteiger partial charge in [0.05, 0.1) is 16.8 Å². The second-order valence-corrected chi connectivity index (χ2v) is 8.31. The highest BCUT2D eigenvalue weighted by Crippen LogP contribution is 2.30. The number of pyridine rings is 1. The van der Waals surface area contributed by atoms with E-state index in [1.165, 1.54) is 23.5 Å². The van der Waals surface area contributed by atoms with Crippen molar-refractivity contribution in [2.24, 2.45) is 0 Å².